The number of nitrogens with one attached hydrogen (secondary N) is 1. The fraction of sp³-hybridized carbons (Fsp3) is 0.571. The summed E-state index contributed by atoms with van der Waals surface area (Å²) in [5.74, 6) is 0.722. The second-order valence-corrected chi connectivity index (χ2v) is 4.85. The minimum absolute atomic E-state index is 0.660. The first-order valence-corrected chi connectivity index (χ1v) is 6.31. The zero-order chi connectivity index (χ0) is 13.5. The predicted octanol–water partition coefficient (Wildman–Crippen LogP) is 2.32. The summed E-state index contributed by atoms with van der Waals surface area (Å²) in [6, 6.07) is 4.16. The highest BCUT2D eigenvalue weighted by molar-refractivity contribution is 5.56. The molecule has 0 aromatic carbocycles. The Bertz CT molecular complexity index is 432. The lowest BCUT2D eigenvalue weighted by Crippen LogP contribution is -2.14. The number of unbranched alkanes of at least 4 members (excludes halogenated alkanes) is 1. The van der Waals surface area contributed by atoms with Gasteiger partial charge in [-0.3, -0.25) is 0 Å². The minimum Gasteiger partial charge on any atom is -0.369 e. The van der Waals surface area contributed by atoms with Crippen LogP contribution >= 0.6 is 0 Å². The fourth-order valence-corrected chi connectivity index (χ4v) is 1.87. The first-order valence-electron chi connectivity index (χ1n) is 6.31. The van der Waals surface area contributed by atoms with Crippen LogP contribution in [0.15, 0.2) is 6.07 Å². The van der Waals surface area contributed by atoms with E-state index < -0.39 is 0 Å². The third kappa shape index (κ3) is 4.34. The normalized spacial score (nSPS) is 10.4. The molecule has 0 aliphatic heterocycles. The topological polar surface area (TPSA) is 52.0 Å². The van der Waals surface area contributed by atoms with E-state index in [0.29, 0.717) is 5.56 Å². The molecule has 1 aromatic rings. The summed E-state index contributed by atoms with van der Waals surface area (Å²) >= 11 is 0. The van der Waals surface area contributed by atoms with Gasteiger partial charge in [-0.1, -0.05) is 0 Å². The quantitative estimate of drug-likeness (QED) is 0.783. The maximum Gasteiger partial charge on any atom is 0.144 e. The average molecular weight is 246 g/mol. The van der Waals surface area contributed by atoms with Gasteiger partial charge in [-0.15, -0.1) is 0 Å². The van der Waals surface area contributed by atoms with Crippen molar-refractivity contribution in [2.75, 3.05) is 32.5 Å². The maximum atomic E-state index is 9.13. The zero-order valence-corrected chi connectivity index (χ0v) is 11.7. The van der Waals surface area contributed by atoms with E-state index in [2.05, 4.69) is 35.4 Å². The maximum absolute atomic E-state index is 9.13. The second-order valence-electron chi connectivity index (χ2n) is 4.85. The van der Waals surface area contributed by atoms with Crippen molar-refractivity contribution >= 4 is 5.82 Å². The Morgan fingerprint density at radius 3 is 2.67 bits per heavy atom. The van der Waals surface area contributed by atoms with E-state index in [1.54, 1.807) is 0 Å². The Labute approximate surface area is 110 Å². The lowest BCUT2D eigenvalue weighted by Gasteiger charge is -2.11. The van der Waals surface area contributed by atoms with Gasteiger partial charge in [-0.2, -0.15) is 5.26 Å². The van der Waals surface area contributed by atoms with E-state index in [4.69, 9.17) is 5.26 Å². The van der Waals surface area contributed by atoms with Crippen molar-refractivity contribution in [2.24, 2.45) is 0 Å². The molecule has 1 rings (SSSR count). The Kier molecular flexibility index (Phi) is 5.60. The van der Waals surface area contributed by atoms with Crippen LogP contribution in [0.1, 0.15) is 29.7 Å². The van der Waals surface area contributed by atoms with Crippen LogP contribution in [-0.2, 0) is 0 Å². The van der Waals surface area contributed by atoms with Gasteiger partial charge in [0.05, 0.1) is 5.56 Å². The van der Waals surface area contributed by atoms with Crippen LogP contribution in [0.4, 0.5) is 5.82 Å². The van der Waals surface area contributed by atoms with Gasteiger partial charge in [-0.25, -0.2) is 4.98 Å². The number of nitrogens with zero attached hydrogens (tertiary/aromatic N) is 3. The van der Waals surface area contributed by atoms with Crippen LogP contribution < -0.4 is 5.32 Å². The molecule has 0 unspecified atom stereocenters. The molecule has 98 valence electrons. The summed E-state index contributed by atoms with van der Waals surface area (Å²) in [5, 5.41) is 12.4. The van der Waals surface area contributed by atoms with Crippen molar-refractivity contribution in [3.05, 3.63) is 22.9 Å². The number of aryl methyl sites for hydroxylation is 2. The molecule has 1 N–H and O–H groups in total. The number of rotatable bonds is 6. The molecule has 4 nitrogen and oxygen atoms in total. The fourth-order valence-electron chi connectivity index (χ4n) is 1.87. The summed E-state index contributed by atoms with van der Waals surface area (Å²) in [7, 11) is 4.15. The second kappa shape index (κ2) is 6.97. The average Bonchev–Trinajstić information content (AvgIpc) is 2.27. The number of pyridine rings is 1. The van der Waals surface area contributed by atoms with Gasteiger partial charge < -0.3 is 10.2 Å². The largest absolute Gasteiger partial charge is 0.369 e. The van der Waals surface area contributed by atoms with Gasteiger partial charge >= 0.3 is 0 Å². The van der Waals surface area contributed by atoms with Crippen molar-refractivity contribution in [3.8, 4) is 6.07 Å². The molecule has 0 bridgehead atoms. The molecule has 0 saturated heterocycles. The van der Waals surface area contributed by atoms with Crippen LogP contribution in [0.3, 0.4) is 0 Å². The summed E-state index contributed by atoms with van der Waals surface area (Å²) in [4.78, 5) is 6.57. The molecule has 0 fully saturated rings. The molecule has 0 amide bonds. The smallest absolute Gasteiger partial charge is 0.144 e. The van der Waals surface area contributed by atoms with Crippen molar-refractivity contribution < 1.29 is 0 Å². The summed E-state index contributed by atoms with van der Waals surface area (Å²) < 4.78 is 0. The van der Waals surface area contributed by atoms with Crippen LogP contribution in [0.25, 0.3) is 0 Å². The first kappa shape index (κ1) is 14.5. The summed E-state index contributed by atoms with van der Waals surface area (Å²) in [6.45, 7) is 5.85. The summed E-state index contributed by atoms with van der Waals surface area (Å²) in [5.41, 5.74) is 2.59. The molecule has 1 heterocycles. The van der Waals surface area contributed by atoms with Crippen molar-refractivity contribution in [1.29, 1.82) is 5.26 Å². The van der Waals surface area contributed by atoms with Gasteiger partial charge in [0.1, 0.15) is 11.9 Å². The van der Waals surface area contributed by atoms with E-state index in [9.17, 15) is 0 Å². The molecular formula is C14H22N4. The van der Waals surface area contributed by atoms with Crippen LogP contribution in [-0.4, -0.2) is 37.1 Å². The van der Waals surface area contributed by atoms with E-state index in [0.717, 1.165) is 43.0 Å². The van der Waals surface area contributed by atoms with E-state index in [1.807, 2.05) is 19.9 Å². The van der Waals surface area contributed by atoms with Crippen molar-refractivity contribution in [1.82, 2.24) is 9.88 Å². The highest BCUT2D eigenvalue weighted by Gasteiger charge is 2.07. The molecule has 0 spiro atoms. The van der Waals surface area contributed by atoms with Crippen molar-refractivity contribution in [3.63, 3.8) is 0 Å². The van der Waals surface area contributed by atoms with E-state index in [-0.39, 0.29) is 0 Å². The number of aromatic nitrogens is 1. The van der Waals surface area contributed by atoms with Gasteiger partial charge in [0.25, 0.3) is 0 Å². The van der Waals surface area contributed by atoms with Gasteiger partial charge in [0, 0.05) is 12.2 Å². The number of hydrogen-bond donors (Lipinski definition) is 1. The minimum atomic E-state index is 0.660. The molecule has 0 aliphatic carbocycles. The SMILES string of the molecule is Cc1cc(C)c(C#N)c(NCCCCN(C)C)n1. The molecule has 0 radical (unpaired) electrons. The van der Waals surface area contributed by atoms with Crippen LogP contribution in [0.2, 0.25) is 0 Å². The Morgan fingerprint density at radius 2 is 2.06 bits per heavy atom. The molecule has 4 heteroatoms. The highest BCUT2D eigenvalue weighted by atomic mass is 15.0. The molecule has 0 saturated carbocycles. The lowest BCUT2D eigenvalue weighted by atomic mass is 10.1. The lowest BCUT2D eigenvalue weighted by molar-refractivity contribution is 0.396. The number of nitriles is 1. The Balaban J connectivity index is 2.54. The molecule has 18 heavy (non-hydrogen) atoms. The Hall–Kier alpha value is -1.60. The highest BCUT2D eigenvalue weighted by Crippen LogP contribution is 2.17. The van der Waals surface area contributed by atoms with Gasteiger partial charge in [0.2, 0.25) is 0 Å². The number of hydrogen-bond acceptors (Lipinski definition) is 4. The van der Waals surface area contributed by atoms with Gasteiger partial charge in [-0.05, 0) is 59.0 Å². The predicted molar refractivity (Wildman–Crippen MR) is 74.7 cm³/mol. The third-order valence-electron chi connectivity index (χ3n) is 2.78. The monoisotopic (exact) mass is 246 g/mol. The summed E-state index contributed by atoms with van der Waals surface area (Å²) in [6.07, 6.45) is 2.23. The van der Waals surface area contributed by atoms with Crippen molar-refractivity contribution in [2.45, 2.75) is 26.7 Å². The van der Waals surface area contributed by atoms with E-state index in [1.165, 1.54) is 0 Å². The molecular weight excluding hydrogens is 224 g/mol. The third-order valence-corrected chi connectivity index (χ3v) is 2.78. The van der Waals surface area contributed by atoms with Crippen LogP contribution in [0, 0.1) is 25.2 Å². The Morgan fingerprint density at radius 1 is 1.33 bits per heavy atom. The molecule has 0 atom stereocenters. The molecule has 1 aromatic heterocycles. The van der Waals surface area contributed by atoms with Crippen LogP contribution in [0.5, 0.6) is 0 Å². The number of anilines is 1. The molecule has 0 aliphatic rings. The van der Waals surface area contributed by atoms with Gasteiger partial charge in [0.15, 0.2) is 0 Å². The zero-order valence-electron chi connectivity index (χ0n) is 11.7. The standard InChI is InChI=1S/C14H22N4/c1-11-9-12(2)17-14(13(11)10-15)16-7-5-6-8-18(3)4/h9H,5-8H2,1-4H3,(H,16,17). The first-order chi connectivity index (χ1) is 8.54. The van der Waals surface area contributed by atoms with E-state index >= 15 is 0 Å².